The van der Waals surface area contributed by atoms with E-state index in [0.29, 0.717) is 0 Å². The van der Waals surface area contributed by atoms with Crippen molar-refractivity contribution in [2.24, 2.45) is 0 Å². The van der Waals surface area contributed by atoms with Crippen LogP contribution in [0.4, 0.5) is 5.82 Å². The van der Waals surface area contributed by atoms with Crippen LogP contribution < -0.4 is 5.32 Å². The number of hydrogen-bond donors (Lipinski definition) is 2. The Morgan fingerprint density at radius 3 is 2.43 bits per heavy atom. The molecule has 2 heterocycles. The molecule has 0 aliphatic heterocycles. The van der Waals surface area contributed by atoms with Crippen LogP contribution in [0.5, 0.6) is 0 Å². The predicted molar refractivity (Wildman–Crippen MR) is 115 cm³/mol. The van der Waals surface area contributed by atoms with E-state index in [0.717, 1.165) is 40.2 Å². The number of hydrogen-bond acceptors (Lipinski definition) is 4. The Labute approximate surface area is 165 Å². The third kappa shape index (κ3) is 3.60. The Morgan fingerprint density at radius 2 is 1.71 bits per heavy atom. The first kappa shape index (κ1) is 18.2. The molecule has 0 amide bonds. The van der Waals surface area contributed by atoms with Gasteiger partial charge in [-0.05, 0) is 37.6 Å². The molecule has 0 fully saturated rings. The van der Waals surface area contributed by atoms with Crippen molar-refractivity contribution in [3.8, 4) is 11.3 Å². The molecule has 0 saturated carbocycles. The number of anilines is 1. The van der Waals surface area contributed by atoms with E-state index in [9.17, 15) is 0 Å². The lowest BCUT2D eigenvalue weighted by Crippen LogP contribution is -2.28. The third-order valence-corrected chi connectivity index (χ3v) is 5.25. The lowest BCUT2D eigenvalue weighted by atomic mass is 9.84. The molecule has 5 nitrogen and oxygen atoms in total. The van der Waals surface area contributed by atoms with Crippen LogP contribution in [0.2, 0.25) is 0 Å². The van der Waals surface area contributed by atoms with Crippen LogP contribution in [-0.4, -0.2) is 26.9 Å². The first-order valence-corrected chi connectivity index (χ1v) is 9.52. The van der Waals surface area contributed by atoms with E-state index in [4.69, 9.17) is 0 Å². The topological polar surface area (TPSA) is 66.5 Å². The summed E-state index contributed by atoms with van der Waals surface area (Å²) in [6.45, 7) is 9.37. The molecule has 142 valence electrons. The molecule has 0 radical (unpaired) electrons. The molecule has 28 heavy (non-hydrogen) atoms. The van der Waals surface area contributed by atoms with E-state index in [-0.39, 0.29) is 5.41 Å². The van der Waals surface area contributed by atoms with Crippen LogP contribution in [0, 0.1) is 13.8 Å². The van der Waals surface area contributed by atoms with Gasteiger partial charge in [-0.25, -0.2) is 0 Å². The van der Waals surface area contributed by atoms with Crippen LogP contribution in [-0.2, 0) is 5.41 Å². The van der Waals surface area contributed by atoms with Crippen LogP contribution >= 0.6 is 0 Å². The molecule has 0 spiro atoms. The summed E-state index contributed by atoms with van der Waals surface area (Å²) in [6, 6.07) is 18.8. The molecule has 4 aromatic rings. The van der Waals surface area contributed by atoms with Crippen LogP contribution in [0.25, 0.3) is 22.2 Å². The third-order valence-electron chi connectivity index (χ3n) is 5.25. The highest BCUT2D eigenvalue weighted by atomic mass is 15.2. The summed E-state index contributed by atoms with van der Waals surface area (Å²) in [4.78, 5) is 0. The van der Waals surface area contributed by atoms with Gasteiger partial charge in [0.2, 0.25) is 0 Å². The van der Waals surface area contributed by atoms with Gasteiger partial charge in [-0.2, -0.15) is 5.10 Å². The summed E-state index contributed by atoms with van der Waals surface area (Å²) in [5, 5.41) is 20.7. The Kier molecular flexibility index (Phi) is 4.59. The smallest absolute Gasteiger partial charge is 0.148 e. The normalized spacial score (nSPS) is 11.7. The summed E-state index contributed by atoms with van der Waals surface area (Å²) in [6.07, 6.45) is 0. The first-order chi connectivity index (χ1) is 13.4. The van der Waals surface area contributed by atoms with Gasteiger partial charge in [0.05, 0.1) is 11.2 Å². The van der Waals surface area contributed by atoms with E-state index in [2.05, 4.69) is 82.9 Å². The van der Waals surface area contributed by atoms with Gasteiger partial charge in [0.1, 0.15) is 5.82 Å². The molecule has 2 N–H and O–H groups in total. The second-order valence-corrected chi connectivity index (χ2v) is 7.99. The second kappa shape index (κ2) is 7.08. The van der Waals surface area contributed by atoms with Crippen molar-refractivity contribution in [1.82, 2.24) is 20.4 Å². The zero-order valence-corrected chi connectivity index (χ0v) is 16.7. The van der Waals surface area contributed by atoms with Crippen LogP contribution in [0.1, 0.15) is 30.7 Å². The van der Waals surface area contributed by atoms with E-state index in [1.54, 1.807) is 0 Å². The number of H-pyrrole nitrogens is 1. The summed E-state index contributed by atoms with van der Waals surface area (Å²) >= 11 is 0. The molecule has 0 aliphatic rings. The zero-order valence-electron chi connectivity index (χ0n) is 16.7. The Bertz CT molecular complexity index is 1090. The van der Waals surface area contributed by atoms with Crippen molar-refractivity contribution in [1.29, 1.82) is 0 Å². The number of aromatic amines is 1. The van der Waals surface area contributed by atoms with Gasteiger partial charge >= 0.3 is 0 Å². The largest absolute Gasteiger partial charge is 0.368 e. The molecular formula is C23H25N5. The number of nitrogens with one attached hydrogen (secondary N) is 2. The van der Waals surface area contributed by atoms with E-state index < -0.39 is 0 Å². The lowest BCUT2D eigenvalue weighted by molar-refractivity contribution is 0.555. The Morgan fingerprint density at radius 1 is 0.929 bits per heavy atom. The molecular weight excluding hydrogens is 346 g/mol. The molecule has 0 unspecified atom stereocenters. The van der Waals surface area contributed by atoms with Gasteiger partial charge in [-0.3, -0.25) is 5.10 Å². The van der Waals surface area contributed by atoms with Crippen LogP contribution in [0.3, 0.4) is 0 Å². The summed E-state index contributed by atoms with van der Waals surface area (Å²) < 4.78 is 0. The summed E-state index contributed by atoms with van der Waals surface area (Å²) in [5.41, 5.74) is 6.44. The van der Waals surface area contributed by atoms with Gasteiger partial charge in [0.25, 0.3) is 0 Å². The SMILES string of the molecule is Cc1ccc(C(C)(C)CNc2ccc(-c3ccc4c(C)[nH]nc4c3)nn2)cc1. The minimum Gasteiger partial charge on any atom is -0.368 e. The Hall–Kier alpha value is -3.21. The fourth-order valence-electron chi connectivity index (χ4n) is 3.30. The highest BCUT2D eigenvalue weighted by Crippen LogP contribution is 2.25. The number of fused-ring (bicyclic) bond motifs is 1. The lowest BCUT2D eigenvalue weighted by Gasteiger charge is -2.26. The standard InChI is InChI=1S/C23H25N5/c1-15-5-8-18(9-6-15)23(3,4)14-24-22-12-11-20(26-28-22)17-7-10-19-16(2)25-27-21(19)13-17/h5-13H,14H2,1-4H3,(H,24,28)(H,25,27). The first-order valence-electron chi connectivity index (χ1n) is 9.52. The minimum absolute atomic E-state index is 0.00308. The van der Waals surface area contributed by atoms with Crippen molar-refractivity contribution in [2.75, 3.05) is 11.9 Å². The number of aryl methyl sites for hydroxylation is 2. The maximum Gasteiger partial charge on any atom is 0.148 e. The maximum atomic E-state index is 4.40. The highest BCUT2D eigenvalue weighted by molar-refractivity contribution is 5.85. The number of benzene rings is 2. The van der Waals surface area contributed by atoms with E-state index in [1.165, 1.54) is 11.1 Å². The molecule has 0 atom stereocenters. The van der Waals surface area contributed by atoms with Crippen molar-refractivity contribution in [3.05, 3.63) is 71.4 Å². The summed E-state index contributed by atoms with van der Waals surface area (Å²) in [5.74, 6) is 0.778. The number of aromatic nitrogens is 4. The molecule has 0 bridgehead atoms. The molecule has 2 aromatic carbocycles. The fourth-order valence-corrected chi connectivity index (χ4v) is 3.30. The van der Waals surface area contributed by atoms with Crippen molar-refractivity contribution in [3.63, 3.8) is 0 Å². The van der Waals surface area contributed by atoms with Gasteiger partial charge < -0.3 is 5.32 Å². The van der Waals surface area contributed by atoms with Crippen LogP contribution in [0.15, 0.2) is 54.6 Å². The van der Waals surface area contributed by atoms with E-state index in [1.807, 2.05) is 25.1 Å². The molecule has 0 aliphatic carbocycles. The average Bonchev–Trinajstić information content (AvgIpc) is 3.07. The monoisotopic (exact) mass is 371 g/mol. The van der Waals surface area contributed by atoms with Gasteiger partial charge in [-0.1, -0.05) is 55.8 Å². The Balaban J connectivity index is 1.47. The summed E-state index contributed by atoms with van der Waals surface area (Å²) in [7, 11) is 0. The van der Waals surface area contributed by atoms with Crippen molar-refractivity contribution in [2.45, 2.75) is 33.1 Å². The van der Waals surface area contributed by atoms with Gasteiger partial charge in [0.15, 0.2) is 0 Å². The zero-order chi connectivity index (χ0) is 19.7. The predicted octanol–water partition coefficient (Wildman–Crippen LogP) is 5.03. The van der Waals surface area contributed by atoms with Crippen molar-refractivity contribution < 1.29 is 0 Å². The molecule has 2 aromatic heterocycles. The number of rotatable bonds is 5. The van der Waals surface area contributed by atoms with Gasteiger partial charge in [-0.15, -0.1) is 10.2 Å². The van der Waals surface area contributed by atoms with Crippen molar-refractivity contribution >= 4 is 16.7 Å². The molecule has 5 heteroatoms. The average molecular weight is 371 g/mol. The highest BCUT2D eigenvalue weighted by Gasteiger charge is 2.20. The second-order valence-electron chi connectivity index (χ2n) is 7.99. The fraction of sp³-hybridized carbons (Fsp3) is 0.261. The maximum absolute atomic E-state index is 4.40. The minimum atomic E-state index is -0.00308. The van der Waals surface area contributed by atoms with Gasteiger partial charge in [0, 0.05) is 28.6 Å². The quantitative estimate of drug-likeness (QED) is 0.516. The molecule has 0 saturated heterocycles. The number of nitrogens with zero attached hydrogens (tertiary/aromatic N) is 3. The molecule has 4 rings (SSSR count). The van der Waals surface area contributed by atoms with E-state index >= 15 is 0 Å².